The van der Waals surface area contributed by atoms with Crippen molar-refractivity contribution in [2.75, 3.05) is 32.8 Å². The molecule has 2 aliphatic rings. The molecule has 8 nitrogen and oxygen atoms in total. The molecule has 9 heteroatoms. The number of para-hydroxylation sites is 2. The molecule has 0 aliphatic carbocycles. The van der Waals surface area contributed by atoms with Gasteiger partial charge >= 0.3 is 0 Å². The zero-order valence-electron chi connectivity index (χ0n) is 17.2. The number of carbonyl (C=O) groups is 2. The molecule has 0 spiro atoms. The van der Waals surface area contributed by atoms with E-state index in [1.165, 1.54) is 24.7 Å². The van der Waals surface area contributed by atoms with Gasteiger partial charge in [-0.25, -0.2) is 9.37 Å². The molecule has 0 N–H and O–H groups in total. The van der Waals surface area contributed by atoms with Gasteiger partial charge in [-0.2, -0.15) is 0 Å². The number of amides is 2. The first kappa shape index (κ1) is 20.0. The molecule has 2 aliphatic heterocycles. The standard InChI is InChI=1S/C23H21FN4O4/c24-16-5-7-17(8-6-16)28-15-25-13-18(28)22(29)26-9-11-27(12-10-26)23(30)21-14-31-19-3-1-2-4-20(19)32-21/h1-8,13,15,21H,9-12,14H2/t21-/m1/s1. The van der Waals surface area contributed by atoms with Crippen LogP contribution in [0.2, 0.25) is 0 Å². The van der Waals surface area contributed by atoms with Crippen LogP contribution in [0.1, 0.15) is 10.5 Å². The molecule has 3 heterocycles. The highest BCUT2D eigenvalue weighted by molar-refractivity contribution is 5.93. The average Bonchev–Trinajstić information content (AvgIpc) is 3.33. The van der Waals surface area contributed by atoms with Crippen molar-refractivity contribution in [2.24, 2.45) is 0 Å². The molecule has 0 unspecified atom stereocenters. The second-order valence-corrected chi connectivity index (χ2v) is 7.61. The summed E-state index contributed by atoms with van der Waals surface area (Å²) in [7, 11) is 0. The minimum Gasteiger partial charge on any atom is -0.485 e. The normalized spacial score (nSPS) is 17.8. The topological polar surface area (TPSA) is 76.9 Å². The lowest BCUT2D eigenvalue weighted by Crippen LogP contribution is -2.55. The molecule has 1 aromatic heterocycles. The SMILES string of the molecule is O=C(c1cncn1-c1ccc(F)cc1)N1CCN(C(=O)[C@H]2COc3ccccc3O2)CC1. The molecule has 164 valence electrons. The van der Waals surface area contributed by atoms with Gasteiger partial charge in [0.05, 0.1) is 12.5 Å². The van der Waals surface area contributed by atoms with Gasteiger partial charge in [-0.15, -0.1) is 0 Å². The average molecular weight is 436 g/mol. The molecule has 2 aromatic carbocycles. The molecular weight excluding hydrogens is 415 g/mol. The summed E-state index contributed by atoms with van der Waals surface area (Å²) < 4.78 is 26.3. The fourth-order valence-corrected chi connectivity index (χ4v) is 3.90. The first-order chi connectivity index (χ1) is 15.6. The zero-order valence-corrected chi connectivity index (χ0v) is 17.2. The van der Waals surface area contributed by atoms with Crippen molar-refractivity contribution in [3.8, 4) is 17.2 Å². The Bertz CT molecular complexity index is 1140. The number of fused-ring (bicyclic) bond motifs is 1. The van der Waals surface area contributed by atoms with Gasteiger partial charge in [-0.05, 0) is 36.4 Å². The smallest absolute Gasteiger partial charge is 0.272 e. The Kier molecular flexibility index (Phi) is 5.22. The van der Waals surface area contributed by atoms with Gasteiger partial charge in [-0.1, -0.05) is 12.1 Å². The molecule has 3 aromatic rings. The van der Waals surface area contributed by atoms with Crippen molar-refractivity contribution in [3.05, 3.63) is 72.6 Å². The number of piperazine rings is 1. The summed E-state index contributed by atoms with van der Waals surface area (Å²) in [5.41, 5.74) is 1.03. The van der Waals surface area contributed by atoms with Crippen molar-refractivity contribution in [3.63, 3.8) is 0 Å². The van der Waals surface area contributed by atoms with Crippen LogP contribution in [0.3, 0.4) is 0 Å². The fraction of sp³-hybridized carbons (Fsp3) is 0.261. The minimum atomic E-state index is -0.702. The number of ether oxygens (including phenoxy) is 2. The molecule has 0 radical (unpaired) electrons. The summed E-state index contributed by atoms with van der Waals surface area (Å²) in [6, 6.07) is 13.1. The number of rotatable bonds is 3. The Labute approximate surface area is 183 Å². The van der Waals surface area contributed by atoms with Crippen LogP contribution in [0.15, 0.2) is 61.1 Å². The second-order valence-electron chi connectivity index (χ2n) is 7.61. The van der Waals surface area contributed by atoms with Crippen LogP contribution in [0.25, 0.3) is 5.69 Å². The zero-order chi connectivity index (χ0) is 22.1. The fourth-order valence-electron chi connectivity index (χ4n) is 3.90. The summed E-state index contributed by atoms with van der Waals surface area (Å²) >= 11 is 0. The number of aromatic nitrogens is 2. The van der Waals surface area contributed by atoms with E-state index in [1.807, 2.05) is 12.1 Å². The summed E-state index contributed by atoms with van der Waals surface area (Å²) in [6.07, 6.45) is 2.32. The third kappa shape index (κ3) is 3.77. The van der Waals surface area contributed by atoms with Crippen LogP contribution < -0.4 is 9.47 Å². The maximum atomic E-state index is 13.2. The van der Waals surface area contributed by atoms with Gasteiger partial charge < -0.3 is 19.3 Å². The van der Waals surface area contributed by atoms with E-state index in [9.17, 15) is 14.0 Å². The lowest BCUT2D eigenvalue weighted by Gasteiger charge is -2.37. The predicted molar refractivity (Wildman–Crippen MR) is 112 cm³/mol. The summed E-state index contributed by atoms with van der Waals surface area (Å²) in [4.78, 5) is 33.5. The molecule has 2 amide bonds. The maximum absolute atomic E-state index is 13.2. The van der Waals surface area contributed by atoms with Gasteiger partial charge in [0.25, 0.3) is 11.8 Å². The number of carbonyl (C=O) groups excluding carboxylic acids is 2. The highest BCUT2D eigenvalue weighted by atomic mass is 19.1. The Hall–Kier alpha value is -3.88. The second kappa shape index (κ2) is 8.33. The molecule has 1 atom stereocenters. The third-order valence-electron chi connectivity index (χ3n) is 5.63. The Morgan fingerprint density at radius 3 is 2.38 bits per heavy atom. The van der Waals surface area contributed by atoms with E-state index in [-0.39, 0.29) is 24.2 Å². The van der Waals surface area contributed by atoms with Crippen LogP contribution >= 0.6 is 0 Å². The quantitative estimate of drug-likeness (QED) is 0.629. The monoisotopic (exact) mass is 436 g/mol. The first-order valence-corrected chi connectivity index (χ1v) is 10.3. The van der Waals surface area contributed by atoms with Gasteiger partial charge in [0.2, 0.25) is 6.10 Å². The minimum absolute atomic E-state index is 0.150. The number of benzene rings is 2. The number of hydrogen-bond acceptors (Lipinski definition) is 5. The summed E-state index contributed by atoms with van der Waals surface area (Å²) in [5.74, 6) is 0.496. The van der Waals surface area contributed by atoms with E-state index in [0.717, 1.165) is 0 Å². The molecule has 1 fully saturated rings. The Morgan fingerprint density at radius 1 is 0.938 bits per heavy atom. The molecule has 0 bridgehead atoms. The van der Waals surface area contributed by atoms with E-state index < -0.39 is 6.10 Å². The van der Waals surface area contributed by atoms with Crippen LogP contribution in [0.4, 0.5) is 4.39 Å². The molecule has 32 heavy (non-hydrogen) atoms. The lowest BCUT2D eigenvalue weighted by atomic mass is 10.2. The lowest BCUT2D eigenvalue weighted by molar-refractivity contribution is -0.142. The number of imidazole rings is 1. The van der Waals surface area contributed by atoms with Crippen molar-refractivity contribution < 1.29 is 23.5 Å². The van der Waals surface area contributed by atoms with Crippen molar-refractivity contribution in [1.29, 1.82) is 0 Å². The van der Waals surface area contributed by atoms with E-state index in [0.29, 0.717) is 49.1 Å². The molecular formula is C23H21FN4O4. The van der Waals surface area contributed by atoms with Crippen molar-refractivity contribution >= 4 is 11.8 Å². The van der Waals surface area contributed by atoms with Crippen molar-refractivity contribution in [1.82, 2.24) is 19.4 Å². The Balaban J connectivity index is 1.22. The van der Waals surface area contributed by atoms with Crippen LogP contribution in [-0.4, -0.2) is 70.1 Å². The maximum Gasteiger partial charge on any atom is 0.272 e. The summed E-state index contributed by atoms with van der Waals surface area (Å²) in [6.45, 7) is 1.74. The van der Waals surface area contributed by atoms with Gasteiger partial charge in [-0.3, -0.25) is 14.2 Å². The predicted octanol–water partition coefficient (Wildman–Crippen LogP) is 2.14. The number of halogens is 1. The third-order valence-corrected chi connectivity index (χ3v) is 5.63. The van der Waals surface area contributed by atoms with E-state index in [1.54, 1.807) is 38.6 Å². The Morgan fingerprint density at radius 2 is 1.62 bits per heavy atom. The number of hydrogen-bond donors (Lipinski definition) is 0. The van der Waals surface area contributed by atoms with Gasteiger partial charge in [0, 0.05) is 31.9 Å². The van der Waals surface area contributed by atoms with Crippen LogP contribution in [0, 0.1) is 5.82 Å². The van der Waals surface area contributed by atoms with Crippen LogP contribution in [0.5, 0.6) is 11.5 Å². The molecule has 1 saturated heterocycles. The van der Waals surface area contributed by atoms with E-state index in [2.05, 4.69) is 4.98 Å². The van der Waals surface area contributed by atoms with Crippen molar-refractivity contribution in [2.45, 2.75) is 6.10 Å². The molecule has 0 saturated carbocycles. The van der Waals surface area contributed by atoms with E-state index in [4.69, 9.17) is 9.47 Å². The molecule has 5 rings (SSSR count). The first-order valence-electron chi connectivity index (χ1n) is 10.3. The number of nitrogens with zero attached hydrogens (tertiary/aromatic N) is 4. The van der Waals surface area contributed by atoms with Crippen LogP contribution in [-0.2, 0) is 4.79 Å². The summed E-state index contributed by atoms with van der Waals surface area (Å²) in [5, 5.41) is 0. The largest absolute Gasteiger partial charge is 0.485 e. The van der Waals surface area contributed by atoms with E-state index >= 15 is 0 Å². The van der Waals surface area contributed by atoms with Gasteiger partial charge in [0.1, 0.15) is 18.1 Å². The highest BCUT2D eigenvalue weighted by Gasteiger charge is 2.34. The van der Waals surface area contributed by atoms with Gasteiger partial charge in [0.15, 0.2) is 11.5 Å². The highest BCUT2D eigenvalue weighted by Crippen LogP contribution is 2.31.